The van der Waals surface area contributed by atoms with Gasteiger partial charge in [0.15, 0.2) is 0 Å². The molecule has 2 aromatic carbocycles. The van der Waals surface area contributed by atoms with Gasteiger partial charge in [-0.05, 0) is 24.3 Å². The summed E-state index contributed by atoms with van der Waals surface area (Å²) >= 11 is 0. The molecule has 0 fully saturated rings. The highest BCUT2D eigenvalue weighted by molar-refractivity contribution is 5.94. The number of para-hydroxylation sites is 1. The van der Waals surface area contributed by atoms with Crippen molar-refractivity contribution in [1.82, 2.24) is 0 Å². The number of rotatable bonds is 3. The van der Waals surface area contributed by atoms with Crippen LogP contribution in [0.15, 0.2) is 42.5 Å². The molecule has 0 saturated heterocycles. The summed E-state index contributed by atoms with van der Waals surface area (Å²) in [6.07, 6.45) is 0.0297. The number of aromatic hydroxyl groups is 1. The summed E-state index contributed by atoms with van der Waals surface area (Å²) in [5.74, 6) is -0.242. The number of carbonyl (C=O) groups is 1. The minimum Gasteiger partial charge on any atom is -0.508 e. The number of phenolic OH excluding ortho intramolecular Hbond substituents is 1. The smallest absolute Gasteiger partial charge is 0.228 e. The molecule has 2 rings (SSSR count). The van der Waals surface area contributed by atoms with Gasteiger partial charge in [-0.3, -0.25) is 4.79 Å². The summed E-state index contributed by atoms with van der Waals surface area (Å²) in [5.41, 5.74) is 7.27. The molecule has 5 heteroatoms. The zero-order valence-corrected chi connectivity index (χ0v) is 10.6. The fourth-order valence-electron chi connectivity index (χ4n) is 1.79. The highest BCUT2D eigenvalue weighted by Crippen LogP contribution is 2.20. The van der Waals surface area contributed by atoms with Gasteiger partial charge in [-0.25, -0.2) is 0 Å². The van der Waals surface area contributed by atoms with E-state index in [1.54, 1.807) is 30.3 Å². The number of hydrogen-bond acceptors (Lipinski definition) is 4. The minimum atomic E-state index is -0.312. The van der Waals surface area contributed by atoms with E-state index in [9.17, 15) is 9.90 Å². The lowest BCUT2D eigenvalue weighted by Gasteiger charge is -2.08. The van der Waals surface area contributed by atoms with E-state index in [0.29, 0.717) is 22.5 Å². The second-order valence-corrected chi connectivity index (χ2v) is 4.27. The molecule has 1 amide bonds. The topological polar surface area (TPSA) is 99.1 Å². The fraction of sp³-hybridized carbons (Fsp3) is 0.0667. The van der Waals surface area contributed by atoms with Gasteiger partial charge in [-0.2, -0.15) is 5.26 Å². The lowest BCUT2D eigenvalue weighted by atomic mass is 10.1. The van der Waals surface area contributed by atoms with Gasteiger partial charge in [0.2, 0.25) is 5.91 Å². The first kappa shape index (κ1) is 13.4. The number of carbonyl (C=O) groups excluding carboxylic acids is 1. The van der Waals surface area contributed by atoms with Crippen molar-refractivity contribution < 1.29 is 9.90 Å². The highest BCUT2D eigenvalue weighted by Gasteiger charge is 2.10. The highest BCUT2D eigenvalue weighted by atomic mass is 16.3. The lowest BCUT2D eigenvalue weighted by Crippen LogP contribution is -2.15. The summed E-state index contributed by atoms with van der Waals surface area (Å²) < 4.78 is 0. The minimum absolute atomic E-state index is 0.0297. The molecule has 0 bridgehead atoms. The Balaban J connectivity index is 2.13. The van der Waals surface area contributed by atoms with Crippen LogP contribution in [-0.2, 0) is 11.2 Å². The van der Waals surface area contributed by atoms with Crippen LogP contribution in [0.4, 0.5) is 11.4 Å². The van der Waals surface area contributed by atoms with Crippen LogP contribution in [0.25, 0.3) is 0 Å². The molecule has 0 aromatic heterocycles. The Labute approximate surface area is 116 Å². The van der Waals surface area contributed by atoms with Gasteiger partial charge in [0.1, 0.15) is 11.8 Å². The molecule has 0 atom stereocenters. The van der Waals surface area contributed by atoms with Crippen molar-refractivity contribution in [1.29, 1.82) is 5.26 Å². The molecule has 100 valence electrons. The maximum absolute atomic E-state index is 11.9. The van der Waals surface area contributed by atoms with Crippen LogP contribution in [0.2, 0.25) is 0 Å². The van der Waals surface area contributed by atoms with Gasteiger partial charge in [0.25, 0.3) is 0 Å². The zero-order chi connectivity index (χ0) is 14.5. The number of amides is 1. The molecular formula is C15H13N3O2. The van der Waals surface area contributed by atoms with Crippen molar-refractivity contribution in [3.8, 4) is 11.8 Å². The molecule has 5 nitrogen and oxygen atoms in total. The summed E-state index contributed by atoms with van der Waals surface area (Å²) in [6.45, 7) is 0. The SMILES string of the molecule is N#Cc1cc(N)ccc1NC(=O)Cc1ccccc1O. The van der Waals surface area contributed by atoms with E-state index < -0.39 is 0 Å². The molecule has 0 spiro atoms. The number of nitriles is 1. The Morgan fingerprint density at radius 1 is 1.30 bits per heavy atom. The Hall–Kier alpha value is -3.00. The molecule has 4 N–H and O–H groups in total. The lowest BCUT2D eigenvalue weighted by molar-refractivity contribution is -0.115. The van der Waals surface area contributed by atoms with Crippen molar-refractivity contribution in [3.63, 3.8) is 0 Å². The van der Waals surface area contributed by atoms with E-state index in [4.69, 9.17) is 11.0 Å². The van der Waals surface area contributed by atoms with Gasteiger partial charge < -0.3 is 16.2 Å². The van der Waals surface area contributed by atoms with Crippen LogP contribution >= 0.6 is 0 Å². The van der Waals surface area contributed by atoms with E-state index in [0.717, 1.165) is 0 Å². The van der Waals surface area contributed by atoms with Crippen LogP contribution in [0.5, 0.6) is 5.75 Å². The first-order valence-electron chi connectivity index (χ1n) is 5.96. The molecule has 20 heavy (non-hydrogen) atoms. The second-order valence-electron chi connectivity index (χ2n) is 4.27. The number of nitrogens with zero attached hydrogens (tertiary/aromatic N) is 1. The van der Waals surface area contributed by atoms with E-state index in [1.165, 1.54) is 12.1 Å². The third kappa shape index (κ3) is 3.06. The first-order chi connectivity index (χ1) is 9.60. The molecule has 0 unspecified atom stereocenters. The zero-order valence-electron chi connectivity index (χ0n) is 10.6. The van der Waals surface area contributed by atoms with Crippen LogP contribution in [0, 0.1) is 11.3 Å². The van der Waals surface area contributed by atoms with Crippen LogP contribution in [-0.4, -0.2) is 11.0 Å². The Bertz CT molecular complexity index is 690. The number of anilines is 2. The van der Waals surface area contributed by atoms with E-state index >= 15 is 0 Å². The van der Waals surface area contributed by atoms with Gasteiger partial charge in [-0.1, -0.05) is 18.2 Å². The Morgan fingerprint density at radius 2 is 2.05 bits per heavy atom. The number of benzene rings is 2. The van der Waals surface area contributed by atoms with Crippen molar-refractivity contribution in [2.24, 2.45) is 0 Å². The van der Waals surface area contributed by atoms with Crippen LogP contribution in [0.3, 0.4) is 0 Å². The van der Waals surface area contributed by atoms with E-state index in [1.807, 2.05) is 6.07 Å². The van der Waals surface area contributed by atoms with E-state index in [-0.39, 0.29) is 18.1 Å². The standard InChI is InChI=1S/C15H13N3O2/c16-9-11-7-12(17)5-6-13(11)18-15(20)8-10-3-1-2-4-14(10)19/h1-7,19H,8,17H2,(H,18,20). The number of hydrogen-bond donors (Lipinski definition) is 3. The van der Waals surface area contributed by atoms with Gasteiger partial charge in [0.05, 0.1) is 17.7 Å². The summed E-state index contributed by atoms with van der Waals surface area (Å²) in [6, 6.07) is 13.3. The number of nitrogens with two attached hydrogens (primary N) is 1. The largest absolute Gasteiger partial charge is 0.508 e. The molecular weight excluding hydrogens is 254 g/mol. The van der Waals surface area contributed by atoms with Crippen molar-refractivity contribution in [2.75, 3.05) is 11.1 Å². The van der Waals surface area contributed by atoms with Crippen LogP contribution in [0.1, 0.15) is 11.1 Å². The predicted molar refractivity (Wildman–Crippen MR) is 76.0 cm³/mol. The van der Waals surface area contributed by atoms with Crippen molar-refractivity contribution in [3.05, 3.63) is 53.6 Å². The maximum atomic E-state index is 11.9. The van der Waals surface area contributed by atoms with Crippen molar-refractivity contribution in [2.45, 2.75) is 6.42 Å². The molecule has 0 heterocycles. The monoisotopic (exact) mass is 267 g/mol. The number of phenols is 1. The molecule has 0 aliphatic carbocycles. The number of nitrogen functional groups attached to an aromatic ring is 1. The van der Waals surface area contributed by atoms with Crippen molar-refractivity contribution >= 4 is 17.3 Å². The Morgan fingerprint density at radius 3 is 2.75 bits per heavy atom. The molecule has 0 radical (unpaired) electrons. The van der Waals surface area contributed by atoms with E-state index in [2.05, 4.69) is 5.32 Å². The van der Waals surface area contributed by atoms with Gasteiger partial charge in [-0.15, -0.1) is 0 Å². The maximum Gasteiger partial charge on any atom is 0.228 e. The molecule has 2 aromatic rings. The summed E-state index contributed by atoms with van der Waals surface area (Å²) in [7, 11) is 0. The normalized spacial score (nSPS) is 9.75. The van der Waals surface area contributed by atoms with Crippen LogP contribution < -0.4 is 11.1 Å². The third-order valence-electron chi connectivity index (χ3n) is 2.78. The molecule has 0 aliphatic heterocycles. The predicted octanol–water partition coefficient (Wildman–Crippen LogP) is 2.03. The Kier molecular flexibility index (Phi) is 3.87. The van der Waals surface area contributed by atoms with Gasteiger partial charge in [0, 0.05) is 11.3 Å². The molecule has 0 saturated carbocycles. The van der Waals surface area contributed by atoms with Gasteiger partial charge >= 0.3 is 0 Å². The first-order valence-corrected chi connectivity index (χ1v) is 5.96. The quantitative estimate of drug-likeness (QED) is 0.741. The summed E-state index contributed by atoms with van der Waals surface area (Å²) in [4.78, 5) is 11.9. The fourth-order valence-corrected chi connectivity index (χ4v) is 1.79. The number of nitrogens with one attached hydrogen (secondary N) is 1. The molecule has 0 aliphatic rings. The average molecular weight is 267 g/mol. The average Bonchev–Trinajstić information content (AvgIpc) is 2.43. The summed E-state index contributed by atoms with van der Waals surface area (Å²) in [5, 5.41) is 21.2. The third-order valence-corrected chi connectivity index (χ3v) is 2.78. The second kappa shape index (κ2) is 5.76.